The highest BCUT2D eigenvalue weighted by atomic mass is 16.5. The molecule has 0 amide bonds. The van der Waals surface area contributed by atoms with Crippen LogP contribution in [0.4, 0.5) is 0 Å². The molecule has 0 saturated carbocycles. The summed E-state index contributed by atoms with van der Waals surface area (Å²) >= 11 is 0. The van der Waals surface area contributed by atoms with E-state index >= 15 is 0 Å². The first kappa shape index (κ1) is 27.7. The molecule has 194 valence electrons. The molecule has 0 aromatic heterocycles. The van der Waals surface area contributed by atoms with E-state index in [2.05, 4.69) is 68.1 Å². The lowest BCUT2D eigenvalue weighted by Crippen LogP contribution is -2.45. The van der Waals surface area contributed by atoms with Crippen LogP contribution < -0.4 is 4.74 Å². The van der Waals surface area contributed by atoms with Gasteiger partial charge < -0.3 is 14.6 Å². The van der Waals surface area contributed by atoms with E-state index < -0.39 is 5.60 Å². The second-order valence-electron chi connectivity index (χ2n) is 10.5. The number of hydrogen-bond donors (Lipinski definition) is 1. The molecule has 0 radical (unpaired) electrons. The van der Waals surface area contributed by atoms with Crippen molar-refractivity contribution in [2.45, 2.75) is 77.2 Å². The van der Waals surface area contributed by atoms with Gasteiger partial charge >= 0.3 is 0 Å². The predicted octanol–water partition coefficient (Wildman–Crippen LogP) is 6.78. The molecule has 2 atom stereocenters. The molecule has 0 aliphatic carbocycles. The van der Waals surface area contributed by atoms with Gasteiger partial charge in [0.05, 0.1) is 25.4 Å². The van der Waals surface area contributed by atoms with Crippen LogP contribution in [0, 0.1) is 5.92 Å². The summed E-state index contributed by atoms with van der Waals surface area (Å²) in [5.74, 6) is 1.49. The van der Waals surface area contributed by atoms with E-state index in [4.69, 9.17) is 9.47 Å². The molecular formula is C31H47NO3. The van der Waals surface area contributed by atoms with Crippen LogP contribution >= 0.6 is 0 Å². The van der Waals surface area contributed by atoms with Gasteiger partial charge in [0.25, 0.3) is 0 Å². The van der Waals surface area contributed by atoms with Crippen molar-refractivity contribution in [1.29, 1.82) is 0 Å². The normalized spacial score (nSPS) is 17.3. The van der Waals surface area contributed by atoms with Crippen LogP contribution in [0.1, 0.15) is 82.8 Å². The number of benzene rings is 2. The molecule has 0 bridgehead atoms. The SMILES string of the molecule is CCCCCCC[C@@](O)(c1ccc(OCCC(C)C)cc1)[C@@H](CN1CCOCC1)c1ccccc1. The highest BCUT2D eigenvalue weighted by molar-refractivity contribution is 5.35. The Morgan fingerprint density at radius 3 is 2.29 bits per heavy atom. The smallest absolute Gasteiger partial charge is 0.119 e. The molecule has 4 nitrogen and oxygen atoms in total. The zero-order chi connectivity index (χ0) is 24.9. The van der Waals surface area contributed by atoms with Crippen molar-refractivity contribution in [1.82, 2.24) is 4.90 Å². The van der Waals surface area contributed by atoms with Crippen molar-refractivity contribution in [2.75, 3.05) is 39.5 Å². The number of aliphatic hydroxyl groups is 1. The molecular weight excluding hydrogens is 434 g/mol. The van der Waals surface area contributed by atoms with E-state index in [1.807, 2.05) is 12.1 Å². The van der Waals surface area contributed by atoms with E-state index in [-0.39, 0.29) is 5.92 Å². The van der Waals surface area contributed by atoms with Gasteiger partial charge in [0.15, 0.2) is 0 Å². The number of morpholine rings is 1. The molecule has 2 aromatic rings. The van der Waals surface area contributed by atoms with Crippen LogP contribution in [0.3, 0.4) is 0 Å². The summed E-state index contributed by atoms with van der Waals surface area (Å²) in [6, 6.07) is 18.8. The molecule has 3 rings (SSSR count). The Labute approximate surface area is 213 Å². The Hall–Kier alpha value is -1.88. The third kappa shape index (κ3) is 8.63. The Bertz CT molecular complexity index is 817. The second-order valence-corrected chi connectivity index (χ2v) is 10.5. The van der Waals surface area contributed by atoms with Gasteiger partial charge in [0, 0.05) is 25.6 Å². The van der Waals surface area contributed by atoms with E-state index in [9.17, 15) is 5.11 Å². The maximum Gasteiger partial charge on any atom is 0.119 e. The van der Waals surface area contributed by atoms with Crippen LogP contribution in [0.25, 0.3) is 0 Å². The fourth-order valence-electron chi connectivity index (χ4n) is 5.03. The lowest BCUT2D eigenvalue weighted by molar-refractivity contribution is -0.0296. The third-order valence-electron chi connectivity index (χ3n) is 7.30. The zero-order valence-electron chi connectivity index (χ0n) is 22.3. The summed E-state index contributed by atoms with van der Waals surface area (Å²) in [5, 5.41) is 12.5. The van der Waals surface area contributed by atoms with Gasteiger partial charge in [-0.3, -0.25) is 4.90 Å². The van der Waals surface area contributed by atoms with Gasteiger partial charge in [-0.15, -0.1) is 0 Å². The average molecular weight is 482 g/mol. The van der Waals surface area contributed by atoms with Crippen molar-refractivity contribution < 1.29 is 14.6 Å². The molecule has 35 heavy (non-hydrogen) atoms. The first-order valence-corrected chi connectivity index (χ1v) is 13.8. The number of unbranched alkanes of at least 4 members (excludes halogenated alkanes) is 4. The first-order chi connectivity index (χ1) is 17.0. The topological polar surface area (TPSA) is 41.9 Å². The molecule has 4 heteroatoms. The minimum atomic E-state index is -0.942. The third-order valence-corrected chi connectivity index (χ3v) is 7.30. The largest absolute Gasteiger partial charge is 0.494 e. The number of nitrogens with zero attached hydrogens (tertiary/aromatic N) is 1. The quantitative estimate of drug-likeness (QED) is 0.285. The fraction of sp³-hybridized carbons (Fsp3) is 0.613. The molecule has 1 fully saturated rings. The van der Waals surface area contributed by atoms with Gasteiger partial charge in [-0.2, -0.15) is 0 Å². The lowest BCUT2D eigenvalue weighted by Gasteiger charge is -2.41. The van der Waals surface area contributed by atoms with Crippen LogP contribution in [-0.4, -0.2) is 49.5 Å². The Morgan fingerprint density at radius 2 is 1.63 bits per heavy atom. The lowest BCUT2D eigenvalue weighted by atomic mass is 9.73. The van der Waals surface area contributed by atoms with Crippen molar-refractivity contribution in [3.05, 3.63) is 65.7 Å². The van der Waals surface area contributed by atoms with Crippen LogP contribution in [-0.2, 0) is 10.3 Å². The Balaban J connectivity index is 1.86. The van der Waals surface area contributed by atoms with Crippen molar-refractivity contribution >= 4 is 0 Å². The summed E-state index contributed by atoms with van der Waals surface area (Å²) in [6.07, 6.45) is 7.70. The standard InChI is InChI=1S/C31H47NO3/c1-4-5-6-7-11-19-31(33,28-14-16-29(17-15-28)35-22-18-26(2)3)30(27-12-9-8-10-13-27)25-32-20-23-34-24-21-32/h8-10,12-17,26,30,33H,4-7,11,18-25H2,1-3H3/t30-,31+/m0/s1. The molecule has 2 aromatic carbocycles. The van der Waals surface area contributed by atoms with E-state index in [1.54, 1.807) is 0 Å². The first-order valence-electron chi connectivity index (χ1n) is 13.8. The fourth-order valence-corrected chi connectivity index (χ4v) is 5.03. The number of hydrogen-bond acceptors (Lipinski definition) is 4. The van der Waals surface area contributed by atoms with Crippen molar-refractivity contribution in [2.24, 2.45) is 5.92 Å². The molecule has 1 saturated heterocycles. The Kier molecular flexibility index (Phi) is 11.6. The summed E-state index contributed by atoms with van der Waals surface area (Å²) in [4.78, 5) is 2.45. The van der Waals surface area contributed by atoms with Gasteiger partial charge in [-0.25, -0.2) is 0 Å². The zero-order valence-corrected chi connectivity index (χ0v) is 22.3. The van der Waals surface area contributed by atoms with Crippen LogP contribution in [0.15, 0.2) is 54.6 Å². The van der Waals surface area contributed by atoms with E-state index in [0.717, 1.165) is 76.5 Å². The highest BCUT2D eigenvalue weighted by Gasteiger charge is 2.40. The summed E-state index contributed by atoms with van der Waals surface area (Å²) in [5.41, 5.74) is 1.25. The monoisotopic (exact) mass is 481 g/mol. The van der Waals surface area contributed by atoms with Crippen molar-refractivity contribution in [3.8, 4) is 5.75 Å². The predicted molar refractivity (Wildman–Crippen MR) is 145 cm³/mol. The Morgan fingerprint density at radius 1 is 0.943 bits per heavy atom. The maximum absolute atomic E-state index is 12.5. The minimum absolute atomic E-state index is 0.0133. The minimum Gasteiger partial charge on any atom is -0.494 e. The average Bonchev–Trinajstić information content (AvgIpc) is 2.88. The molecule has 0 unspecified atom stereocenters. The number of ether oxygens (including phenoxy) is 2. The van der Waals surface area contributed by atoms with Crippen molar-refractivity contribution in [3.63, 3.8) is 0 Å². The second kappa shape index (κ2) is 14.6. The van der Waals surface area contributed by atoms with Gasteiger partial charge in [0.2, 0.25) is 0 Å². The van der Waals surface area contributed by atoms with Crippen LogP contribution in [0.5, 0.6) is 5.75 Å². The molecule has 1 aliphatic rings. The van der Waals surface area contributed by atoms with Gasteiger partial charge in [-0.05, 0) is 42.0 Å². The molecule has 1 heterocycles. The van der Waals surface area contributed by atoms with Gasteiger partial charge in [-0.1, -0.05) is 95.3 Å². The maximum atomic E-state index is 12.5. The molecule has 1 N–H and O–H groups in total. The number of rotatable bonds is 15. The van der Waals surface area contributed by atoms with Crippen LogP contribution in [0.2, 0.25) is 0 Å². The van der Waals surface area contributed by atoms with Gasteiger partial charge in [0.1, 0.15) is 5.75 Å². The summed E-state index contributed by atoms with van der Waals surface area (Å²) < 4.78 is 11.6. The summed E-state index contributed by atoms with van der Waals surface area (Å²) in [6.45, 7) is 11.6. The van der Waals surface area contributed by atoms with E-state index in [0.29, 0.717) is 5.92 Å². The highest BCUT2D eigenvalue weighted by Crippen LogP contribution is 2.42. The van der Waals surface area contributed by atoms with E-state index in [1.165, 1.54) is 24.8 Å². The molecule has 0 spiro atoms. The summed E-state index contributed by atoms with van der Waals surface area (Å²) in [7, 11) is 0. The molecule has 1 aliphatic heterocycles.